The van der Waals surface area contributed by atoms with Crippen LogP contribution in [-0.4, -0.2) is 26.5 Å². The number of hydrogen-bond acceptors (Lipinski definition) is 3. The second-order valence-electron chi connectivity index (χ2n) is 3.60. The first-order chi connectivity index (χ1) is 7.64. The molecular weight excluding hydrogens is 224 g/mol. The van der Waals surface area contributed by atoms with Crippen molar-refractivity contribution < 1.29 is 13.2 Å². The van der Waals surface area contributed by atoms with Crippen LogP contribution in [0.4, 0.5) is 0 Å². The Bertz CT molecular complexity index is 384. The number of ether oxygens (including phenoxy) is 1. The summed E-state index contributed by atoms with van der Waals surface area (Å²) in [6.07, 6.45) is 1.44. The lowest BCUT2D eigenvalue weighted by Gasteiger charge is -2.05. The first-order valence-electron chi connectivity index (χ1n) is 5.52. The Balaban J connectivity index is 2.14. The lowest BCUT2D eigenvalue weighted by atomic mass is 10.3. The summed E-state index contributed by atoms with van der Waals surface area (Å²) < 4.78 is 27.8. The van der Waals surface area contributed by atoms with Crippen LogP contribution in [-0.2, 0) is 9.84 Å². The fraction of sp³-hybridized carbons (Fsp3) is 0.500. The molecule has 0 unspecified atom stereocenters. The number of sulfone groups is 1. The maximum atomic E-state index is 11.2. The van der Waals surface area contributed by atoms with Crippen LogP contribution >= 0.6 is 0 Å². The summed E-state index contributed by atoms with van der Waals surface area (Å²) >= 11 is 0. The zero-order valence-corrected chi connectivity index (χ0v) is 10.4. The molecular formula is C12H18O3S. The molecule has 0 N–H and O–H groups in total. The number of rotatable bonds is 7. The average molecular weight is 242 g/mol. The minimum absolute atomic E-state index is 0.229. The summed E-state index contributed by atoms with van der Waals surface area (Å²) in [5, 5.41) is 0. The second kappa shape index (κ2) is 6.53. The van der Waals surface area contributed by atoms with Gasteiger partial charge in [-0.05, 0) is 25.0 Å². The van der Waals surface area contributed by atoms with Crippen LogP contribution < -0.4 is 4.74 Å². The standard InChI is InChI=1S/C12H18O3S/c1-2-16(13,14)11-7-6-10-15-12-8-4-3-5-9-12/h3-5,8-9H,2,6-7,10-11H2,1H3. The predicted octanol–water partition coefficient (Wildman–Crippen LogP) is 2.28. The Morgan fingerprint density at radius 3 is 2.44 bits per heavy atom. The van der Waals surface area contributed by atoms with Gasteiger partial charge in [0.15, 0.2) is 0 Å². The van der Waals surface area contributed by atoms with Gasteiger partial charge in [-0.3, -0.25) is 0 Å². The highest BCUT2D eigenvalue weighted by atomic mass is 32.2. The second-order valence-corrected chi connectivity index (χ2v) is 6.08. The van der Waals surface area contributed by atoms with E-state index in [2.05, 4.69) is 0 Å². The van der Waals surface area contributed by atoms with Crippen molar-refractivity contribution in [2.75, 3.05) is 18.1 Å². The number of para-hydroxylation sites is 1. The summed E-state index contributed by atoms with van der Waals surface area (Å²) in [5.41, 5.74) is 0. The van der Waals surface area contributed by atoms with Crippen molar-refractivity contribution in [3.05, 3.63) is 30.3 Å². The maximum absolute atomic E-state index is 11.2. The zero-order chi connectivity index (χ0) is 11.9. The lowest BCUT2D eigenvalue weighted by Crippen LogP contribution is -2.09. The first-order valence-corrected chi connectivity index (χ1v) is 7.34. The SMILES string of the molecule is CCS(=O)(=O)CCCCOc1ccccc1. The van der Waals surface area contributed by atoms with E-state index < -0.39 is 9.84 Å². The summed E-state index contributed by atoms with van der Waals surface area (Å²) in [7, 11) is -2.82. The molecule has 3 nitrogen and oxygen atoms in total. The van der Waals surface area contributed by atoms with E-state index in [-0.39, 0.29) is 11.5 Å². The van der Waals surface area contributed by atoms with Crippen LogP contribution in [0.1, 0.15) is 19.8 Å². The highest BCUT2D eigenvalue weighted by molar-refractivity contribution is 7.91. The molecule has 0 atom stereocenters. The largest absolute Gasteiger partial charge is 0.494 e. The molecule has 0 spiro atoms. The average Bonchev–Trinajstić information content (AvgIpc) is 2.30. The third-order valence-corrected chi connectivity index (χ3v) is 4.09. The molecule has 1 aromatic carbocycles. The number of benzene rings is 1. The molecule has 0 heterocycles. The minimum Gasteiger partial charge on any atom is -0.494 e. The van der Waals surface area contributed by atoms with Crippen molar-refractivity contribution in [3.63, 3.8) is 0 Å². The highest BCUT2D eigenvalue weighted by Crippen LogP contribution is 2.09. The van der Waals surface area contributed by atoms with E-state index in [9.17, 15) is 8.42 Å². The molecule has 0 aliphatic carbocycles. The van der Waals surface area contributed by atoms with Crippen LogP contribution in [0.2, 0.25) is 0 Å². The van der Waals surface area contributed by atoms with E-state index in [1.165, 1.54) is 0 Å². The Morgan fingerprint density at radius 1 is 1.12 bits per heavy atom. The molecule has 0 fully saturated rings. The first kappa shape index (κ1) is 13.0. The molecule has 1 aromatic rings. The van der Waals surface area contributed by atoms with Gasteiger partial charge in [-0.25, -0.2) is 8.42 Å². The van der Waals surface area contributed by atoms with Gasteiger partial charge in [-0.1, -0.05) is 25.1 Å². The minimum atomic E-state index is -2.82. The molecule has 0 aliphatic rings. The molecule has 1 rings (SSSR count). The van der Waals surface area contributed by atoms with Crippen molar-refractivity contribution in [1.82, 2.24) is 0 Å². The smallest absolute Gasteiger partial charge is 0.150 e. The fourth-order valence-corrected chi connectivity index (χ4v) is 2.21. The van der Waals surface area contributed by atoms with Crippen molar-refractivity contribution in [2.45, 2.75) is 19.8 Å². The summed E-state index contributed by atoms with van der Waals surface area (Å²) in [4.78, 5) is 0. The van der Waals surface area contributed by atoms with Crippen molar-refractivity contribution in [3.8, 4) is 5.75 Å². The van der Waals surface area contributed by atoms with Gasteiger partial charge in [0.2, 0.25) is 0 Å². The molecule has 0 aliphatic heterocycles. The van der Waals surface area contributed by atoms with Crippen molar-refractivity contribution >= 4 is 9.84 Å². The quantitative estimate of drug-likeness (QED) is 0.689. The van der Waals surface area contributed by atoms with E-state index >= 15 is 0 Å². The predicted molar refractivity (Wildman–Crippen MR) is 65.5 cm³/mol. The van der Waals surface area contributed by atoms with Crippen LogP contribution in [0.15, 0.2) is 30.3 Å². The van der Waals surface area contributed by atoms with E-state index in [0.717, 1.165) is 12.2 Å². The highest BCUT2D eigenvalue weighted by Gasteiger charge is 2.05. The number of unbranched alkanes of at least 4 members (excludes halogenated alkanes) is 1. The van der Waals surface area contributed by atoms with Crippen molar-refractivity contribution in [1.29, 1.82) is 0 Å². The molecule has 90 valence electrons. The monoisotopic (exact) mass is 242 g/mol. The third kappa shape index (κ3) is 5.16. The van der Waals surface area contributed by atoms with E-state index in [0.29, 0.717) is 13.0 Å². The summed E-state index contributed by atoms with van der Waals surface area (Å²) in [6.45, 7) is 2.25. The fourth-order valence-electron chi connectivity index (χ4n) is 1.28. The molecule has 0 radical (unpaired) electrons. The van der Waals surface area contributed by atoms with Gasteiger partial charge in [-0.2, -0.15) is 0 Å². The Kier molecular flexibility index (Phi) is 5.32. The van der Waals surface area contributed by atoms with Gasteiger partial charge >= 0.3 is 0 Å². The van der Waals surface area contributed by atoms with Gasteiger partial charge in [0.25, 0.3) is 0 Å². The molecule has 0 saturated heterocycles. The van der Waals surface area contributed by atoms with Gasteiger partial charge < -0.3 is 4.74 Å². The molecule has 0 aromatic heterocycles. The Hall–Kier alpha value is -1.03. The van der Waals surface area contributed by atoms with Crippen LogP contribution in [0, 0.1) is 0 Å². The van der Waals surface area contributed by atoms with Gasteiger partial charge in [0.1, 0.15) is 15.6 Å². The zero-order valence-electron chi connectivity index (χ0n) is 9.56. The van der Waals surface area contributed by atoms with Crippen molar-refractivity contribution in [2.24, 2.45) is 0 Å². The van der Waals surface area contributed by atoms with Crippen LogP contribution in [0.25, 0.3) is 0 Å². The van der Waals surface area contributed by atoms with Gasteiger partial charge in [0.05, 0.1) is 12.4 Å². The van der Waals surface area contributed by atoms with Gasteiger partial charge in [0, 0.05) is 5.75 Å². The topological polar surface area (TPSA) is 43.4 Å². The number of hydrogen-bond donors (Lipinski definition) is 0. The normalized spacial score (nSPS) is 11.3. The Labute approximate surface area is 97.4 Å². The molecule has 0 bridgehead atoms. The molecule has 0 amide bonds. The van der Waals surface area contributed by atoms with E-state index in [1.54, 1.807) is 6.92 Å². The van der Waals surface area contributed by atoms with E-state index in [4.69, 9.17) is 4.74 Å². The van der Waals surface area contributed by atoms with Crippen LogP contribution in [0.5, 0.6) is 5.75 Å². The molecule has 0 saturated carbocycles. The van der Waals surface area contributed by atoms with E-state index in [1.807, 2.05) is 30.3 Å². The summed E-state index contributed by atoms with van der Waals surface area (Å²) in [6, 6.07) is 9.54. The third-order valence-electron chi connectivity index (χ3n) is 2.30. The Morgan fingerprint density at radius 2 is 1.81 bits per heavy atom. The lowest BCUT2D eigenvalue weighted by molar-refractivity contribution is 0.309. The molecule has 4 heteroatoms. The van der Waals surface area contributed by atoms with Crippen LogP contribution in [0.3, 0.4) is 0 Å². The summed E-state index contributed by atoms with van der Waals surface area (Å²) in [5.74, 6) is 1.33. The maximum Gasteiger partial charge on any atom is 0.150 e. The van der Waals surface area contributed by atoms with Gasteiger partial charge in [-0.15, -0.1) is 0 Å². The molecule has 16 heavy (non-hydrogen) atoms.